The molecule has 0 aliphatic rings. The molecule has 0 rings (SSSR count). The van der Waals surface area contributed by atoms with Gasteiger partial charge < -0.3 is 8.85 Å². The summed E-state index contributed by atoms with van der Waals surface area (Å²) in [7, 11) is -1.26. The van der Waals surface area contributed by atoms with Gasteiger partial charge in [0.15, 0.2) is 0 Å². The van der Waals surface area contributed by atoms with Crippen molar-refractivity contribution in [3.63, 3.8) is 0 Å². The van der Waals surface area contributed by atoms with Crippen molar-refractivity contribution in [2.24, 2.45) is 0 Å². The van der Waals surface area contributed by atoms with Crippen LogP contribution in [0.15, 0.2) is 0 Å². The fourth-order valence-corrected chi connectivity index (χ4v) is 3.43. The molecule has 68 valence electrons. The van der Waals surface area contributed by atoms with Crippen LogP contribution >= 0.6 is 22.6 Å². The van der Waals surface area contributed by atoms with Crippen molar-refractivity contribution in [2.75, 3.05) is 17.3 Å². The van der Waals surface area contributed by atoms with Gasteiger partial charge in [0.2, 0.25) is 0 Å². The average Bonchev–Trinajstić information content (AvgIpc) is 2.05. The highest BCUT2D eigenvalue weighted by molar-refractivity contribution is 14.1. The molecule has 0 aromatic heterocycles. The predicted molar refractivity (Wildman–Crippen MR) is 58.5 cm³/mol. The van der Waals surface area contributed by atoms with Gasteiger partial charge in [0.05, 0.1) is 0 Å². The van der Waals surface area contributed by atoms with Crippen molar-refractivity contribution in [3.05, 3.63) is 0 Å². The maximum absolute atomic E-state index is 5.55. The first kappa shape index (κ1) is 11.9. The van der Waals surface area contributed by atoms with E-state index < -0.39 is 9.28 Å². The van der Waals surface area contributed by atoms with E-state index in [4.69, 9.17) is 8.85 Å². The molecule has 0 aliphatic carbocycles. The highest BCUT2D eigenvalue weighted by Gasteiger charge is 2.09. The third kappa shape index (κ3) is 7.23. The third-order valence-electron chi connectivity index (χ3n) is 1.14. The Balaban J connectivity index is 3.25. The average molecular weight is 288 g/mol. The van der Waals surface area contributed by atoms with Crippen LogP contribution in [-0.2, 0) is 8.85 Å². The summed E-state index contributed by atoms with van der Waals surface area (Å²) >= 11 is 2.34. The first-order valence-electron chi connectivity index (χ1n) is 4.14. The highest BCUT2D eigenvalue weighted by Crippen LogP contribution is 1.97. The molecule has 0 N–H and O–H groups in total. The molecular weight excluding hydrogens is 271 g/mol. The predicted octanol–water partition coefficient (Wildman–Crippen LogP) is 2.03. The maximum atomic E-state index is 5.55. The Kier molecular flexibility index (Phi) is 9.66. The lowest BCUT2D eigenvalue weighted by Crippen LogP contribution is -2.25. The largest absolute Gasteiger partial charge is 0.396 e. The van der Waals surface area contributed by atoms with Crippen molar-refractivity contribution in [1.82, 2.24) is 0 Å². The molecule has 0 atom stereocenters. The first-order valence-corrected chi connectivity index (χ1v) is 7.42. The molecule has 0 fully saturated rings. The number of alkyl halides is 1. The summed E-state index contributed by atoms with van der Waals surface area (Å²) in [5.74, 6) is 0. The van der Waals surface area contributed by atoms with Crippen LogP contribution in [0.5, 0.6) is 0 Å². The van der Waals surface area contributed by atoms with E-state index in [1.807, 2.05) is 0 Å². The van der Waals surface area contributed by atoms with Crippen LogP contribution < -0.4 is 0 Å². The van der Waals surface area contributed by atoms with E-state index in [0.29, 0.717) is 0 Å². The van der Waals surface area contributed by atoms with Gasteiger partial charge in [-0.2, -0.15) is 0 Å². The minimum atomic E-state index is -1.26. The molecule has 0 saturated heterocycles. The molecule has 0 aromatic carbocycles. The van der Waals surface area contributed by atoms with Gasteiger partial charge in [-0.25, -0.2) is 0 Å². The van der Waals surface area contributed by atoms with Gasteiger partial charge in [-0.15, -0.1) is 0 Å². The minimum absolute atomic E-state index is 0.865. The van der Waals surface area contributed by atoms with Gasteiger partial charge in [0.1, 0.15) is 0 Å². The fourth-order valence-electron chi connectivity index (χ4n) is 0.636. The molecule has 0 aromatic rings. The SMILES string of the molecule is CCCO[SiH](CI)OCCC. The molecule has 0 radical (unpaired) electrons. The Morgan fingerprint density at radius 3 is 1.82 bits per heavy atom. The maximum Gasteiger partial charge on any atom is 0.331 e. The Labute approximate surface area is 84.6 Å². The minimum Gasteiger partial charge on any atom is -0.396 e. The van der Waals surface area contributed by atoms with Crippen LogP contribution in [0.2, 0.25) is 0 Å². The molecule has 0 aliphatic heterocycles. The second kappa shape index (κ2) is 8.96. The number of hydrogen-bond donors (Lipinski definition) is 0. The van der Waals surface area contributed by atoms with Crippen molar-refractivity contribution in [2.45, 2.75) is 26.7 Å². The molecule has 4 heteroatoms. The molecule has 0 amide bonds. The smallest absolute Gasteiger partial charge is 0.331 e. The van der Waals surface area contributed by atoms with Gasteiger partial charge in [0, 0.05) is 17.3 Å². The fraction of sp³-hybridized carbons (Fsp3) is 1.00. The van der Waals surface area contributed by atoms with Crippen molar-refractivity contribution in [3.8, 4) is 0 Å². The summed E-state index contributed by atoms with van der Waals surface area (Å²) in [6.07, 6.45) is 2.19. The lowest BCUT2D eigenvalue weighted by molar-refractivity contribution is 0.202. The summed E-state index contributed by atoms with van der Waals surface area (Å²) in [5, 5.41) is 0. The second-order valence-corrected chi connectivity index (χ2v) is 6.80. The zero-order valence-corrected chi connectivity index (χ0v) is 10.6. The van der Waals surface area contributed by atoms with Gasteiger partial charge in [0.25, 0.3) is 0 Å². The summed E-state index contributed by atoms with van der Waals surface area (Å²) < 4.78 is 12.2. The van der Waals surface area contributed by atoms with Crippen molar-refractivity contribution in [1.29, 1.82) is 0 Å². The van der Waals surface area contributed by atoms with Crippen LogP contribution in [0, 0.1) is 0 Å². The number of rotatable bonds is 7. The van der Waals surface area contributed by atoms with Crippen LogP contribution in [-0.4, -0.2) is 26.5 Å². The monoisotopic (exact) mass is 288 g/mol. The number of hydrogen-bond acceptors (Lipinski definition) is 2. The van der Waals surface area contributed by atoms with E-state index >= 15 is 0 Å². The van der Waals surface area contributed by atoms with Crippen molar-refractivity contribution < 1.29 is 8.85 Å². The highest BCUT2D eigenvalue weighted by atomic mass is 127. The molecule has 11 heavy (non-hydrogen) atoms. The molecule has 2 nitrogen and oxygen atoms in total. The molecule has 0 heterocycles. The second-order valence-electron chi connectivity index (χ2n) is 2.33. The van der Waals surface area contributed by atoms with Crippen molar-refractivity contribution >= 4 is 31.9 Å². The summed E-state index contributed by atoms with van der Waals surface area (Å²) in [5.41, 5.74) is 0. The lowest BCUT2D eigenvalue weighted by atomic mass is 10.5. The summed E-state index contributed by atoms with van der Waals surface area (Å²) in [6.45, 7) is 5.98. The molecule has 0 saturated carbocycles. The van der Waals surface area contributed by atoms with E-state index in [2.05, 4.69) is 36.4 Å². The van der Waals surface area contributed by atoms with Crippen LogP contribution in [0.25, 0.3) is 0 Å². The van der Waals surface area contributed by atoms with Gasteiger partial charge in [-0.3, -0.25) is 0 Å². The molecule has 0 bridgehead atoms. The first-order chi connectivity index (χ1) is 5.35. The summed E-state index contributed by atoms with van der Waals surface area (Å²) in [4.78, 5) is 0. The Bertz CT molecular complexity index is 74.8. The van der Waals surface area contributed by atoms with E-state index in [-0.39, 0.29) is 0 Å². The standard InChI is InChI=1S/C7H17IO2Si/c1-3-5-9-11(7-8)10-6-4-2/h11H,3-7H2,1-2H3. The van der Waals surface area contributed by atoms with E-state index in [0.717, 1.165) is 30.1 Å². The topological polar surface area (TPSA) is 18.5 Å². The molecule has 0 unspecified atom stereocenters. The third-order valence-corrected chi connectivity index (χ3v) is 4.77. The Morgan fingerprint density at radius 2 is 1.55 bits per heavy atom. The van der Waals surface area contributed by atoms with E-state index in [1.54, 1.807) is 0 Å². The molecular formula is C7H17IO2Si. The number of halogens is 1. The van der Waals surface area contributed by atoms with Crippen LogP contribution in [0.4, 0.5) is 0 Å². The quantitative estimate of drug-likeness (QED) is 0.405. The summed E-state index contributed by atoms with van der Waals surface area (Å²) in [6, 6.07) is 0. The van der Waals surface area contributed by atoms with Crippen LogP contribution in [0.3, 0.4) is 0 Å². The van der Waals surface area contributed by atoms with Crippen LogP contribution in [0.1, 0.15) is 26.7 Å². The zero-order valence-electron chi connectivity index (χ0n) is 7.31. The van der Waals surface area contributed by atoms with E-state index in [9.17, 15) is 0 Å². The van der Waals surface area contributed by atoms with Gasteiger partial charge in [-0.05, 0) is 12.8 Å². The lowest BCUT2D eigenvalue weighted by Gasteiger charge is -2.12. The Morgan fingerprint density at radius 1 is 1.09 bits per heavy atom. The van der Waals surface area contributed by atoms with E-state index in [1.165, 1.54) is 0 Å². The normalized spacial score (nSPS) is 10.9. The van der Waals surface area contributed by atoms with Gasteiger partial charge >= 0.3 is 9.28 Å². The molecule has 0 spiro atoms. The zero-order chi connectivity index (χ0) is 8.53. The van der Waals surface area contributed by atoms with Gasteiger partial charge in [-0.1, -0.05) is 36.4 Å². The Hall–Kier alpha value is 0.867.